The lowest BCUT2D eigenvalue weighted by molar-refractivity contribution is 0.474. The molecule has 0 aliphatic carbocycles. The molecule has 2 heterocycles. The highest BCUT2D eigenvalue weighted by Gasteiger charge is 2.08. The summed E-state index contributed by atoms with van der Waals surface area (Å²) in [6.07, 6.45) is 1.38. The summed E-state index contributed by atoms with van der Waals surface area (Å²) in [6, 6.07) is 6.33. The highest BCUT2D eigenvalue weighted by Crippen LogP contribution is 2.20. The first-order valence-corrected chi connectivity index (χ1v) is 7.32. The van der Waals surface area contributed by atoms with Gasteiger partial charge >= 0.3 is 0 Å². The molecule has 106 valence electrons. The van der Waals surface area contributed by atoms with Crippen molar-refractivity contribution in [2.24, 2.45) is 5.10 Å². The molecule has 0 radical (unpaired) electrons. The highest BCUT2D eigenvalue weighted by molar-refractivity contribution is 7.16. The van der Waals surface area contributed by atoms with E-state index in [0.717, 1.165) is 0 Å². The van der Waals surface area contributed by atoms with Gasteiger partial charge in [0.2, 0.25) is 0 Å². The number of fused-ring (bicyclic) bond motifs is 1. The number of phenols is 1. The number of benzene rings is 1. The van der Waals surface area contributed by atoms with Crippen molar-refractivity contribution >= 4 is 39.4 Å². The van der Waals surface area contributed by atoms with E-state index < -0.39 is 0 Å². The van der Waals surface area contributed by atoms with E-state index in [1.807, 2.05) is 5.38 Å². The summed E-state index contributed by atoms with van der Waals surface area (Å²) in [5.74, 6) is 0.520. The van der Waals surface area contributed by atoms with Crippen molar-refractivity contribution in [3.8, 4) is 5.75 Å². The number of thiophene rings is 1. The molecule has 21 heavy (non-hydrogen) atoms. The van der Waals surface area contributed by atoms with Gasteiger partial charge in [0.15, 0.2) is 0 Å². The molecule has 0 atom stereocenters. The second-order valence-corrected chi connectivity index (χ2v) is 5.69. The summed E-state index contributed by atoms with van der Waals surface area (Å²) in [5.41, 5.74) is 0.190. The van der Waals surface area contributed by atoms with Crippen LogP contribution in [0, 0.1) is 6.92 Å². The van der Waals surface area contributed by atoms with Crippen LogP contribution in [0.4, 0.5) is 0 Å². The van der Waals surface area contributed by atoms with Crippen molar-refractivity contribution in [3.63, 3.8) is 0 Å². The summed E-state index contributed by atoms with van der Waals surface area (Å²) in [5, 5.41) is 16.7. The van der Waals surface area contributed by atoms with Gasteiger partial charge in [0.1, 0.15) is 16.4 Å². The molecule has 7 heteroatoms. The zero-order chi connectivity index (χ0) is 15.0. The Morgan fingerprint density at radius 1 is 1.43 bits per heavy atom. The number of phenolic OH excluding ortho intramolecular Hbond substituents is 1. The van der Waals surface area contributed by atoms with Crippen molar-refractivity contribution in [2.45, 2.75) is 6.92 Å². The van der Waals surface area contributed by atoms with Crippen molar-refractivity contribution in [1.29, 1.82) is 0 Å². The summed E-state index contributed by atoms with van der Waals surface area (Å²) in [6.45, 7) is 1.70. The predicted octanol–water partition coefficient (Wildman–Crippen LogP) is 3.01. The van der Waals surface area contributed by atoms with Crippen LogP contribution in [0.5, 0.6) is 5.75 Å². The molecule has 1 N–H and O–H groups in total. The molecule has 1 aromatic carbocycles. The van der Waals surface area contributed by atoms with Gasteiger partial charge in [-0.2, -0.15) is 9.78 Å². The Morgan fingerprint density at radius 2 is 2.24 bits per heavy atom. The molecule has 3 aromatic rings. The Hall–Kier alpha value is -2.18. The van der Waals surface area contributed by atoms with Gasteiger partial charge < -0.3 is 5.11 Å². The maximum absolute atomic E-state index is 12.3. The van der Waals surface area contributed by atoms with Gasteiger partial charge in [-0.05, 0) is 36.6 Å². The third-order valence-electron chi connectivity index (χ3n) is 2.94. The highest BCUT2D eigenvalue weighted by atomic mass is 35.5. The van der Waals surface area contributed by atoms with Crippen LogP contribution in [0.2, 0.25) is 5.02 Å². The number of aromatic hydroxyl groups is 1. The fraction of sp³-hybridized carbons (Fsp3) is 0.0714. The number of halogens is 1. The number of hydrogen-bond donors (Lipinski definition) is 1. The van der Waals surface area contributed by atoms with Crippen molar-refractivity contribution in [2.75, 3.05) is 0 Å². The first-order valence-electron chi connectivity index (χ1n) is 6.06. The first kappa shape index (κ1) is 13.8. The maximum atomic E-state index is 12.3. The minimum Gasteiger partial charge on any atom is -0.507 e. The summed E-state index contributed by atoms with van der Waals surface area (Å²) in [7, 11) is 0. The van der Waals surface area contributed by atoms with Crippen LogP contribution < -0.4 is 5.56 Å². The van der Waals surface area contributed by atoms with Crippen LogP contribution in [-0.2, 0) is 0 Å². The molecule has 0 fully saturated rings. The van der Waals surface area contributed by atoms with Crippen molar-refractivity contribution < 1.29 is 5.11 Å². The van der Waals surface area contributed by atoms with E-state index in [4.69, 9.17) is 11.6 Å². The standard InChI is InChI=1S/C14H10ClN3O2S/c1-8-17-13-11(4-5-21-13)14(20)18(8)16-7-9-6-10(15)2-3-12(9)19/h2-7,19H,1H3/b16-7+. The Kier molecular flexibility index (Phi) is 3.48. The molecule has 0 aliphatic rings. The van der Waals surface area contributed by atoms with Gasteiger partial charge in [-0.1, -0.05) is 11.6 Å². The van der Waals surface area contributed by atoms with Crippen LogP contribution in [-0.4, -0.2) is 21.0 Å². The molecule has 3 rings (SSSR count). The lowest BCUT2D eigenvalue weighted by Crippen LogP contribution is -2.19. The van der Waals surface area contributed by atoms with Crippen LogP contribution in [0.1, 0.15) is 11.4 Å². The summed E-state index contributed by atoms with van der Waals surface area (Å²) < 4.78 is 1.20. The second kappa shape index (κ2) is 5.31. The van der Waals surface area contributed by atoms with Crippen LogP contribution in [0.25, 0.3) is 10.2 Å². The Labute approximate surface area is 128 Å². The molecule has 0 spiro atoms. The van der Waals surface area contributed by atoms with Crippen LogP contribution in [0.3, 0.4) is 0 Å². The molecule has 0 unspecified atom stereocenters. The predicted molar refractivity (Wildman–Crippen MR) is 84.7 cm³/mol. The van der Waals surface area contributed by atoms with Gasteiger partial charge in [-0.3, -0.25) is 4.79 Å². The number of aryl methyl sites for hydroxylation is 1. The Balaban J connectivity index is 2.11. The van der Waals surface area contributed by atoms with Gasteiger partial charge in [-0.25, -0.2) is 4.98 Å². The van der Waals surface area contributed by atoms with E-state index in [9.17, 15) is 9.90 Å². The monoisotopic (exact) mass is 319 g/mol. The van der Waals surface area contributed by atoms with E-state index in [0.29, 0.717) is 26.6 Å². The topological polar surface area (TPSA) is 67.5 Å². The smallest absolute Gasteiger partial charge is 0.282 e. The Morgan fingerprint density at radius 3 is 3.05 bits per heavy atom. The summed E-state index contributed by atoms with van der Waals surface area (Å²) >= 11 is 7.28. The number of hydrogen-bond acceptors (Lipinski definition) is 5. The number of aromatic nitrogens is 2. The van der Waals surface area contributed by atoms with Gasteiger partial charge in [-0.15, -0.1) is 11.3 Å². The van der Waals surface area contributed by atoms with Gasteiger partial charge in [0.25, 0.3) is 5.56 Å². The van der Waals surface area contributed by atoms with E-state index in [-0.39, 0.29) is 11.3 Å². The third-order valence-corrected chi connectivity index (χ3v) is 3.98. The average molecular weight is 320 g/mol. The van der Waals surface area contributed by atoms with Crippen LogP contribution in [0.15, 0.2) is 39.5 Å². The van der Waals surface area contributed by atoms with Crippen LogP contribution >= 0.6 is 22.9 Å². The molecular weight excluding hydrogens is 310 g/mol. The third kappa shape index (κ3) is 2.55. The zero-order valence-corrected chi connectivity index (χ0v) is 12.5. The van der Waals surface area contributed by atoms with Gasteiger partial charge in [0, 0.05) is 10.6 Å². The minimum absolute atomic E-state index is 0.0402. The molecule has 2 aromatic heterocycles. The lowest BCUT2D eigenvalue weighted by Gasteiger charge is -2.03. The zero-order valence-electron chi connectivity index (χ0n) is 10.9. The first-order chi connectivity index (χ1) is 10.1. The average Bonchev–Trinajstić information content (AvgIpc) is 2.90. The lowest BCUT2D eigenvalue weighted by atomic mass is 10.2. The molecule has 5 nitrogen and oxygen atoms in total. The molecule has 0 aliphatic heterocycles. The number of nitrogens with zero attached hydrogens (tertiary/aromatic N) is 3. The quantitative estimate of drug-likeness (QED) is 0.738. The molecule has 0 saturated carbocycles. The largest absolute Gasteiger partial charge is 0.507 e. The normalized spacial score (nSPS) is 11.5. The fourth-order valence-corrected chi connectivity index (χ4v) is 2.87. The summed E-state index contributed by atoms with van der Waals surface area (Å²) in [4.78, 5) is 17.3. The SMILES string of the molecule is Cc1nc2sccc2c(=O)n1/N=C/c1cc(Cl)ccc1O. The Bertz CT molecular complexity index is 914. The molecule has 0 bridgehead atoms. The molecule has 0 amide bonds. The fourth-order valence-electron chi connectivity index (χ4n) is 1.89. The van der Waals surface area contributed by atoms with E-state index in [1.54, 1.807) is 25.1 Å². The number of rotatable bonds is 2. The van der Waals surface area contributed by atoms with E-state index >= 15 is 0 Å². The molecule has 0 saturated heterocycles. The van der Waals surface area contributed by atoms with E-state index in [1.165, 1.54) is 28.3 Å². The maximum Gasteiger partial charge on any atom is 0.282 e. The minimum atomic E-state index is -0.239. The van der Waals surface area contributed by atoms with Crippen molar-refractivity contribution in [3.05, 3.63) is 56.4 Å². The van der Waals surface area contributed by atoms with Crippen molar-refractivity contribution in [1.82, 2.24) is 9.66 Å². The second-order valence-electron chi connectivity index (χ2n) is 4.36. The van der Waals surface area contributed by atoms with E-state index in [2.05, 4.69) is 10.1 Å². The van der Waals surface area contributed by atoms with Gasteiger partial charge in [0.05, 0.1) is 11.6 Å². The molecular formula is C14H10ClN3O2S.